The molecule has 3 rings (SSSR count). The quantitative estimate of drug-likeness (QED) is 0.805. The summed E-state index contributed by atoms with van der Waals surface area (Å²) < 4.78 is 6.90. The van der Waals surface area contributed by atoms with E-state index in [2.05, 4.69) is 10.3 Å². The summed E-state index contributed by atoms with van der Waals surface area (Å²) in [5.74, 6) is 0.359. The first-order valence-corrected chi connectivity index (χ1v) is 7.18. The zero-order valence-electron chi connectivity index (χ0n) is 11.3. The van der Waals surface area contributed by atoms with Crippen LogP contribution < -0.4 is 10.1 Å². The first-order valence-electron chi connectivity index (χ1n) is 6.30. The number of carbonyl (C=O) groups is 1. The number of methoxy groups -OCH3 is 1. The zero-order chi connectivity index (χ0) is 14.7. The largest absolute Gasteiger partial charge is 0.481 e. The van der Waals surface area contributed by atoms with Crippen LogP contribution in [0.25, 0.3) is 5.69 Å². The minimum Gasteiger partial charge on any atom is -0.481 e. The molecule has 3 aromatic heterocycles. The van der Waals surface area contributed by atoms with Crippen molar-refractivity contribution in [3.8, 4) is 11.6 Å². The summed E-state index contributed by atoms with van der Waals surface area (Å²) in [6, 6.07) is 9.23. The van der Waals surface area contributed by atoms with Crippen molar-refractivity contribution < 1.29 is 9.53 Å². The Morgan fingerprint density at radius 3 is 2.76 bits per heavy atom. The van der Waals surface area contributed by atoms with E-state index in [0.29, 0.717) is 16.4 Å². The molecule has 0 bridgehead atoms. The number of hydrogen-bond acceptors (Lipinski definition) is 4. The van der Waals surface area contributed by atoms with E-state index in [1.165, 1.54) is 11.3 Å². The van der Waals surface area contributed by atoms with Crippen molar-refractivity contribution in [3.05, 3.63) is 59.2 Å². The lowest BCUT2D eigenvalue weighted by Gasteiger charge is -2.07. The number of nitrogens with zero attached hydrogens (tertiary/aromatic N) is 2. The minimum absolute atomic E-state index is 0.152. The molecule has 0 radical (unpaired) electrons. The number of aromatic nitrogens is 2. The average molecular weight is 299 g/mol. The number of nitrogens with one attached hydrogen (secondary N) is 1. The Balaban J connectivity index is 1.81. The maximum atomic E-state index is 12.4. The van der Waals surface area contributed by atoms with Crippen molar-refractivity contribution >= 4 is 22.9 Å². The summed E-state index contributed by atoms with van der Waals surface area (Å²) in [6.45, 7) is 0. The second-order valence-electron chi connectivity index (χ2n) is 4.27. The molecular formula is C15H13N3O2S. The molecule has 3 heterocycles. The highest BCUT2D eigenvalue weighted by atomic mass is 32.1. The molecule has 6 heteroatoms. The van der Waals surface area contributed by atoms with Gasteiger partial charge in [-0.2, -0.15) is 0 Å². The molecule has 0 aliphatic rings. The molecular weight excluding hydrogens is 286 g/mol. The third-order valence-electron chi connectivity index (χ3n) is 2.94. The van der Waals surface area contributed by atoms with Crippen molar-refractivity contribution in [2.75, 3.05) is 12.4 Å². The second-order valence-corrected chi connectivity index (χ2v) is 5.18. The Kier molecular flexibility index (Phi) is 3.70. The van der Waals surface area contributed by atoms with Crippen molar-refractivity contribution in [3.63, 3.8) is 0 Å². The molecule has 1 amide bonds. The lowest BCUT2D eigenvalue weighted by molar-refractivity contribution is 0.103. The van der Waals surface area contributed by atoms with Crippen LogP contribution in [-0.2, 0) is 0 Å². The Hall–Kier alpha value is -2.60. The molecule has 0 aliphatic heterocycles. The number of anilines is 1. The molecule has 5 nitrogen and oxygen atoms in total. The Labute approximate surface area is 125 Å². The average Bonchev–Trinajstić information content (AvgIpc) is 3.18. The van der Waals surface area contributed by atoms with Gasteiger partial charge < -0.3 is 14.6 Å². The van der Waals surface area contributed by atoms with Gasteiger partial charge in [0.05, 0.1) is 24.7 Å². The third kappa shape index (κ3) is 2.80. The predicted octanol–water partition coefficient (Wildman–Crippen LogP) is 3.19. The summed E-state index contributed by atoms with van der Waals surface area (Å²) in [6.07, 6.45) is 5.39. The fourth-order valence-electron chi connectivity index (χ4n) is 1.93. The number of hydrogen-bond donors (Lipinski definition) is 1. The highest BCUT2D eigenvalue weighted by molar-refractivity contribution is 7.12. The number of amides is 1. The van der Waals surface area contributed by atoms with Crippen LogP contribution >= 0.6 is 11.3 Å². The lowest BCUT2D eigenvalue weighted by atomic mass is 10.3. The molecule has 1 N–H and O–H groups in total. The first kappa shape index (κ1) is 13.4. The normalized spacial score (nSPS) is 10.3. The van der Waals surface area contributed by atoms with E-state index in [1.54, 1.807) is 25.4 Å². The highest BCUT2D eigenvalue weighted by Gasteiger charge is 2.14. The van der Waals surface area contributed by atoms with Gasteiger partial charge in [-0.1, -0.05) is 0 Å². The van der Waals surface area contributed by atoms with Crippen LogP contribution in [0, 0.1) is 0 Å². The third-order valence-corrected chi connectivity index (χ3v) is 3.84. The number of pyridine rings is 1. The Morgan fingerprint density at radius 1 is 1.29 bits per heavy atom. The second kappa shape index (κ2) is 5.80. The Morgan fingerprint density at radius 2 is 2.10 bits per heavy atom. The molecule has 21 heavy (non-hydrogen) atoms. The van der Waals surface area contributed by atoms with Crippen molar-refractivity contribution in [2.24, 2.45) is 0 Å². The molecule has 3 aromatic rings. The molecule has 0 aromatic carbocycles. The fraction of sp³-hybridized carbons (Fsp3) is 0.0667. The predicted molar refractivity (Wildman–Crippen MR) is 82.4 cm³/mol. The Bertz CT molecular complexity index is 733. The zero-order valence-corrected chi connectivity index (χ0v) is 12.1. The van der Waals surface area contributed by atoms with E-state index in [1.807, 2.05) is 40.5 Å². The van der Waals surface area contributed by atoms with Crippen LogP contribution in [0.5, 0.6) is 5.88 Å². The smallest absolute Gasteiger partial charge is 0.267 e. The van der Waals surface area contributed by atoms with E-state index >= 15 is 0 Å². The lowest BCUT2D eigenvalue weighted by Crippen LogP contribution is -2.12. The first-order chi connectivity index (χ1) is 10.3. The van der Waals surface area contributed by atoms with Gasteiger partial charge in [-0.05, 0) is 29.6 Å². The van der Waals surface area contributed by atoms with Crippen molar-refractivity contribution in [1.29, 1.82) is 0 Å². The number of rotatable bonds is 4. The molecule has 0 spiro atoms. The maximum Gasteiger partial charge on any atom is 0.267 e. The molecule has 0 unspecified atom stereocenters. The van der Waals surface area contributed by atoms with Crippen LogP contribution in [-0.4, -0.2) is 22.6 Å². The van der Waals surface area contributed by atoms with Crippen LogP contribution in [0.15, 0.2) is 54.3 Å². The van der Waals surface area contributed by atoms with E-state index < -0.39 is 0 Å². The summed E-state index contributed by atoms with van der Waals surface area (Å²) in [5.41, 5.74) is 1.50. The van der Waals surface area contributed by atoms with Crippen LogP contribution in [0.3, 0.4) is 0 Å². The van der Waals surface area contributed by atoms with Crippen LogP contribution in [0.4, 0.5) is 5.69 Å². The molecule has 0 saturated heterocycles. The summed E-state index contributed by atoms with van der Waals surface area (Å²) in [5, 5.41) is 4.74. The summed E-state index contributed by atoms with van der Waals surface area (Å²) in [4.78, 5) is 17.1. The van der Waals surface area contributed by atoms with E-state index in [0.717, 1.165) is 5.69 Å². The number of carbonyl (C=O) groups excluding carboxylic acids is 1. The van der Waals surface area contributed by atoms with Crippen molar-refractivity contribution in [2.45, 2.75) is 0 Å². The van der Waals surface area contributed by atoms with E-state index in [-0.39, 0.29) is 5.91 Å². The van der Waals surface area contributed by atoms with Crippen LogP contribution in [0.1, 0.15) is 9.67 Å². The van der Waals surface area contributed by atoms with Gasteiger partial charge in [-0.3, -0.25) is 4.79 Å². The van der Waals surface area contributed by atoms with Gasteiger partial charge in [0.1, 0.15) is 4.88 Å². The summed E-state index contributed by atoms with van der Waals surface area (Å²) in [7, 11) is 1.55. The standard InChI is InChI=1S/C15H13N3O2S/c1-20-13-5-4-11(10-16-13)17-15(19)14-12(6-9-21-14)18-7-2-3-8-18/h2-10H,1H3,(H,17,19). The van der Waals surface area contributed by atoms with Gasteiger partial charge in [-0.25, -0.2) is 4.98 Å². The highest BCUT2D eigenvalue weighted by Crippen LogP contribution is 2.23. The van der Waals surface area contributed by atoms with Gasteiger partial charge in [-0.15, -0.1) is 11.3 Å². The molecule has 0 aliphatic carbocycles. The molecule has 0 atom stereocenters. The van der Waals surface area contributed by atoms with Gasteiger partial charge in [0, 0.05) is 18.5 Å². The van der Waals surface area contributed by atoms with E-state index in [9.17, 15) is 4.79 Å². The molecule has 0 saturated carbocycles. The minimum atomic E-state index is -0.152. The van der Waals surface area contributed by atoms with Gasteiger partial charge >= 0.3 is 0 Å². The van der Waals surface area contributed by atoms with E-state index in [4.69, 9.17) is 4.74 Å². The number of ether oxygens (including phenoxy) is 1. The van der Waals surface area contributed by atoms with Crippen molar-refractivity contribution in [1.82, 2.24) is 9.55 Å². The molecule has 0 fully saturated rings. The maximum absolute atomic E-state index is 12.4. The van der Waals surface area contributed by atoms with Gasteiger partial charge in [0.2, 0.25) is 5.88 Å². The summed E-state index contributed by atoms with van der Waals surface area (Å²) >= 11 is 1.40. The number of thiophene rings is 1. The monoisotopic (exact) mass is 299 g/mol. The van der Waals surface area contributed by atoms with Gasteiger partial charge in [0.25, 0.3) is 5.91 Å². The SMILES string of the molecule is COc1ccc(NC(=O)c2sccc2-n2cccc2)cn1. The topological polar surface area (TPSA) is 56.1 Å². The molecule has 106 valence electrons. The van der Waals surface area contributed by atoms with Gasteiger partial charge in [0.15, 0.2) is 0 Å². The fourth-order valence-corrected chi connectivity index (χ4v) is 2.72. The van der Waals surface area contributed by atoms with Crippen LogP contribution in [0.2, 0.25) is 0 Å².